The maximum Gasteiger partial charge on any atom is 0.401 e. The highest BCUT2D eigenvalue weighted by Gasteiger charge is 2.50. The van der Waals surface area contributed by atoms with Crippen LogP contribution in [0.2, 0.25) is 0 Å². The third kappa shape index (κ3) is 3.36. The van der Waals surface area contributed by atoms with Gasteiger partial charge in [-0.05, 0) is 29.0 Å². The highest BCUT2D eigenvalue weighted by atomic mass is 32.2. The Kier molecular flexibility index (Phi) is 4.04. The number of hydrogen-bond donors (Lipinski definition) is 1. The van der Waals surface area contributed by atoms with Crippen LogP contribution < -0.4 is 0 Å². The molecular formula is C15H17F3O2S. The summed E-state index contributed by atoms with van der Waals surface area (Å²) in [6, 6.07) is 5.34. The van der Waals surface area contributed by atoms with Gasteiger partial charge in [0.15, 0.2) is 0 Å². The van der Waals surface area contributed by atoms with Crippen molar-refractivity contribution in [3.8, 4) is 0 Å². The molecule has 0 saturated carbocycles. The smallest absolute Gasteiger partial charge is 0.401 e. The van der Waals surface area contributed by atoms with E-state index >= 15 is 0 Å². The van der Waals surface area contributed by atoms with E-state index in [1.165, 1.54) is 0 Å². The van der Waals surface area contributed by atoms with Crippen molar-refractivity contribution in [2.75, 3.05) is 0 Å². The summed E-state index contributed by atoms with van der Waals surface area (Å²) in [5, 5.41) is 7.23. The zero-order chi connectivity index (χ0) is 16.0. The van der Waals surface area contributed by atoms with Crippen molar-refractivity contribution in [3.63, 3.8) is 0 Å². The van der Waals surface area contributed by atoms with Gasteiger partial charge in [0.25, 0.3) is 0 Å². The fraction of sp³-hybridized carbons (Fsp3) is 0.533. The molecule has 1 N–H and O–H groups in total. The number of carbonyl (C=O) groups is 1. The van der Waals surface area contributed by atoms with Crippen LogP contribution in [0.15, 0.2) is 23.1 Å². The minimum atomic E-state index is -4.52. The molecule has 1 heterocycles. The van der Waals surface area contributed by atoms with Crippen LogP contribution in [-0.2, 0) is 16.6 Å². The second-order valence-corrected chi connectivity index (χ2v) is 7.48. The first-order chi connectivity index (χ1) is 9.50. The van der Waals surface area contributed by atoms with Crippen molar-refractivity contribution in [3.05, 3.63) is 29.3 Å². The maximum atomic E-state index is 13.0. The normalized spacial score (nSPS) is 22.8. The largest absolute Gasteiger partial charge is 0.481 e. The third-order valence-corrected chi connectivity index (χ3v) is 5.13. The summed E-state index contributed by atoms with van der Waals surface area (Å²) in [6.07, 6.45) is -4.60. The zero-order valence-corrected chi connectivity index (χ0v) is 12.8. The molecule has 0 aromatic heterocycles. The number of fused-ring (bicyclic) bond motifs is 1. The molecule has 21 heavy (non-hydrogen) atoms. The summed E-state index contributed by atoms with van der Waals surface area (Å²) in [6.45, 7) is 6.04. The Morgan fingerprint density at radius 2 is 1.90 bits per heavy atom. The second-order valence-electron chi connectivity index (χ2n) is 6.30. The van der Waals surface area contributed by atoms with Gasteiger partial charge < -0.3 is 5.11 Å². The number of rotatable bonds is 1. The topological polar surface area (TPSA) is 37.3 Å². The van der Waals surface area contributed by atoms with Crippen LogP contribution in [0.3, 0.4) is 0 Å². The number of halogens is 3. The molecule has 2 nitrogen and oxygen atoms in total. The fourth-order valence-corrected chi connectivity index (χ4v) is 3.62. The van der Waals surface area contributed by atoms with Crippen molar-refractivity contribution in [2.24, 2.45) is 5.92 Å². The molecule has 116 valence electrons. The molecule has 1 aromatic carbocycles. The van der Waals surface area contributed by atoms with E-state index in [4.69, 9.17) is 5.11 Å². The highest BCUT2D eigenvalue weighted by Crippen LogP contribution is 2.46. The zero-order valence-electron chi connectivity index (χ0n) is 12.0. The first kappa shape index (κ1) is 16.2. The van der Waals surface area contributed by atoms with Crippen LogP contribution in [0, 0.1) is 5.92 Å². The SMILES string of the molecule is CC(C)(C)c1ccc2c(c1)CC(C(=O)O)C(C(F)(F)F)S2. The number of alkyl halides is 3. The van der Waals surface area contributed by atoms with E-state index in [2.05, 4.69) is 0 Å². The van der Waals surface area contributed by atoms with E-state index in [0.717, 1.165) is 5.56 Å². The quantitative estimate of drug-likeness (QED) is 0.840. The molecule has 0 aliphatic carbocycles. The Morgan fingerprint density at radius 1 is 1.29 bits per heavy atom. The molecule has 0 spiro atoms. The first-order valence-corrected chi connectivity index (χ1v) is 7.47. The van der Waals surface area contributed by atoms with Crippen LogP contribution >= 0.6 is 11.8 Å². The van der Waals surface area contributed by atoms with Crippen LogP contribution in [0.25, 0.3) is 0 Å². The molecular weight excluding hydrogens is 301 g/mol. The molecule has 6 heteroatoms. The molecule has 0 bridgehead atoms. The average molecular weight is 318 g/mol. The summed E-state index contributed by atoms with van der Waals surface area (Å²) < 4.78 is 39.1. The van der Waals surface area contributed by atoms with Gasteiger partial charge in [-0.25, -0.2) is 0 Å². The van der Waals surface area contributed by atoms with Crippen LogP contribution in [0.1, 0.15) is 31.9 Å². The Balaban J connectivity index is 2.43. The Labute approximate surface area is 125 Å². The van der Waals surface area contributed by atoms with E-state index in [1.807, 2.05) is 32.9 Å². The number of aliphatic carboxylic acids is 1. The molecule has 2 atom stereocenters. The predicted octanol–water partition coefficient (Wildman–Crippen LogP) is 4.26. The van der Waals surface area contributed by atoms with Crippen molar-refractivity contribution in [1.82, 2.24) is 0 Å². The average Bonchev–Trinajstić information content (AvgIpc) is 2.34. The summed E-state index contributed by atoms with van der Waals surface area (Å²) in [7, 11) is 0. The molecule has 0 amide bonds. The first-order valence-electron chi connectivity index (χ1n) is 6.60. The molecule has 0 saturated heterocycles. The molecule has 1 aliphatic heterocycles. The Hall–Kier alpha value is -1.17. The van der Waals surface area contributed by atoms with Crippen LogP contribution in [-0.4, -0.2) is 22.5 Å². The molecule has 1 aromatic rings. The second kappa shape index (κ2) is 5.23. The number of carboxylic acids is 1. The van der Waals surface area contributed by atoms with Crippen LogP contribution in [0.4, 0.5) is 13.2 Å². The molecule has 0 fully saturated rings. The van der Waals surface area contributed by atoms with Crippen molar-refractivity contribution in [2.45, 2.75) is 48.9 Å². The van der Waals surface area contributed by atoms with E-state index in [1.54, 1.807) is 6.07 Å². The van der Waals surface area contributed by atoms with Gasteiger partial charge in [-0.3, -0.25) is 4.79 Å². The lowest BCUT2D eigenvalue weighted by Gasteiger charge is -2.32. The van der Waals surface area contributed by atoms with Crippen LogP contribution in [0.5, 0.6) is 0 Å². The third-order valence-electron chi connectivity index (χ3n) is 3.63. The van der Waals surface area contributed by atoms with Gasteiger partial charge in [0, 0.05) is 4.90 Å². The lowest BCUT2D eigenvalue weighted by Crippen LogP contribution is -2.41. The number of hydrogen-bond acceptors (Lipinski definition) is 2. The van der Waals surface area contributed by atoms with Crippen molar-refractivity contribution in [1.29, 1.82) is 0 Å². The van der Waals surface area contributed by atoms with Crippen molar-refractivity contribution < 1.29 is 23.1 Å². The van der Waals surface area contributed by atoms with Gasteiger partial charge in [0.05, 0.1) is 5.92 Å². The fourth-order valence-electron chi connectivity index (χ4n) is 2.40. The molecule has 2 rings (SSSR count). The Bertz CT molecular complexity index is 561. The molecule has 2 unspecified atom stereocenters. The standard InChI is InChI=1S/C15H17F3O2S/c1-14(2,3)9-4-5-11-8(6-9)7-10(13(19)20)12(21-11)15(16,17)18/h4-6,10,12H,7H2,1-3H3,(H,19,20). The van der Waals surface area contributed by atoms with Gasteiger partial charge in [-0.2, -0.15) is 13.2 Å². The van der Waals surface area contributed by atoms with E-state index in [9.17, 15) is 18.0 Å². The number of carboxylic acid groups (broad SMARTS) is 1. The van der Waals surface area contributed by atoms with Gasteiger partial charge >= 0.3 is 12.1 Å². The monoisotopic (exact) mass is 318 g/mol. The van der Waals surface area contributed by atoms with E-state index in [-0.39, 0.29) is 11.8 Å². The molecule has 0 radical (unpaired) electrons. The minimum Gasteiger partial charge on any atom is -0.481 e. The van der Waals surface area contributed by atoms with Crippen molar-refractivity contribution >= 4 is 17.7 Å². The lowest BCUT2D eigenvalue weighted by atomic mass is 9.84. The van der Waals surface area contributed by atoms with Gasteiger partial charge in [-0.15, -0.1) is 11.8 Å². The number of thioether (sulfide) groups is 1. The minimum absolute atomic E-state index is 0.0776. The highest BCUT2D eigenvalue weighted by molar-refractivity contribution is 8.00. The Morgan fingerprint density at radius 3 is 2.38 bits per heavy atom. The van der Waals surface area contributed by atoms with E-state index < -0.39 is 23.3 Å². The summed E-state index contributed by atoms with van der Waals surface area (Å²) in [4.78, 5) is 11.7. The lowest BCUT2D eigenvalue weighted by molar-refractivity contribution is -0.160. The summed E-state index contributed by atoms with van der Waals surface area (Å²) in [5.74, 6) is -2.82. The maximum absolute atomic E-state index is 13.0. The summed E-state index contributed by atoms with van der Waals surface area (Å²) in [5.41, 5.74) is 1.57. The van der Waals surface area contributed by atoms with Gasteiger partial charge in [-0.1, -0.05) is 32.9 Å². The predicted molar refractivity (Wildman–Crippen MR) is 75.7 cm³/mol. The molecule has 1 aliphatic rings. The summed E-state index contributed by atoms with van der Waals surface area (Å²) >= 11 is 0.614. The van der Waals surface area contributed by atoms with E-state index in [0.29, 0.717) is 22.2 Å². The van der Waals surface area contributed by atoms with Gasteiger partial charge in [0.2, 0.25) is 0 Å². The van der Waals surface area contributed by atoms with Gasteiger partial charge in [0.1, 0.15) is 5.25 Å². The number of benzene rings is 1.